The van der Waals surface area contributed by atoms with Gasteiger partial charge < -0.3 is 19.6 Å². The molecule has 2 fully saturated rings. The van der Waals surface area contributed by atoms with Gasteiger partial charge >= 0.3 is 0 Å². The first-order valence-electron chi connectivity index (χ1n) is 10.3. The highest BCUT2D eigenvalue weighted by Crippen LogP contribution is 2.32. The lowest BCUT2D eigenvalue weighted by atomic mass is 10.0. The third-order valence-electron chi connectivity index (χ3n) is 6.25. The van der Waals surface area contributed by atoms with E-state index in [1.54, 1.807) is 0 Å². The van der Waals surface area contributed by atoms with Crippen molar-refractivity contribution in [3.8, 4) is 0 Å². The predicted octanol–water partition coefficient (Wildman–Crippen LogP) is 1.37. The van der Waals surface area contributed by atoms with E-state index in [1.807, 2.05) is 19.0 Å². The molecule has 27 heavy (non-hydrogen) atoms. The standard InChI is InChI=1S/C20H32N6O/c1-23(2)18-16-14-26(19(27)15-6-4-5-7-15)9-8-17(16)21-20(22-18)25-12-10-24(3)11-13-25/h15H,4-14H2,1-3H3. The molecule has 0 atom stereocenters. The number of anilines is 2. The van der Waals surface area contributed by atoms with Gasteiger partial charge in [0.15, 0.2) is 0 Å². The third kappa shape index (κ3) is 3.74. The number of carbonyl (C=O) groups excluding carboxylic acids is 1. The fourth-order valence-electron chi connectivity index (χ4n) is 4.52. The summed E-state index contributed by atoms with van der Waals surface area (Å²) in [6, 6.07) is 0. The van der Waals surface area contributed by atoms with Gasteiger partial charge in [-0.15, -0.1) is 0 Å². The molecule has 1 saturated carbocycles. The summed E-state index contributed by atoms with van der Waals surface area (Å²) in [6.07, 6.45) is 5.34. The normalized spacial score (nSPS) is 21.4. The van der Waals surface area contributed by atoms with E-state index in [4.69, 9.17) is 9.97 Å². The van der Waals surface area contributed by atoms with E-state index in [0.29, 0.717) is 12.5 Å². The second-order valence-electron chi connectivity index (χ2n) is 8.45. The Morgan fingerprint density at radius 3 is 2.41 bits per heavy atom. The lowest BCUT2D eigenvalue weighted by molar-refractivity contribution is -0.136. The third-order valence-corrected chi connectivity index (χ3v) is 6.25. The summed E-state index contributed by atoms with van der Waals surface area (Å²) in [5.74, 6) is 2.39. The Balaban J connectivity index is 1.58. The van der Waals surface area contributed by atoms with Gasteiger partial charge in [-0.25, -0.2) is 4.98 Å². The maximum absolute atomic E-state index is 12.9. The topological polar surface area (TPSA) is 55.8 Å². The Kier molecular flexibility index (Phi) is 5.21. The first-order valence-corrected chi connectivity index (χ1v) is 10.3. The van der Waals surface area contributed by atoms with Crippen molar-refractivity contribution < 1.29 is 4.79 Å². The molecule has 1 saturated heterocycles. The van der Waals surface area contributed by atoms with Crippen molar-refractivity contribution in [1.29, 1.82) is 0 Å². The largest absolute Gasteiger partial charge is 0.362 e. The highest BCUT2D eigenvalue weighted by atomic mass is 16.2. The molecular weight excluding hydrogens is 340 g/mol. The number of hydrogen-bond donors (Lipinski definition) is 0. The summed E-state index contributed by atoms with van der Waals surface area (Å²) in [5, 5.41) is 0. The molecule has 7 heteroatoms. The van der Waals surface area contributed by atoms with Gasteiger partial charge in [0.1, 0.15) is 5.82 Å². The van der Waals surface area contributed by atoms with Crippen LogP contribution in [0.4, 0.5) is 11.8 Å². The first kappa shape index (κ1) is 18.5. The summed E-state index contributed by atoms with van der Waals surface area (Å²) < 4.78 is 0. The van der Waals surface area contributed by atoms with Gasteiger partial charge in [-0.05, 0) is 19.9 Å². The molecule has 0 unspecified atom stereocenters. The lowest BCUT2D eigenvalue weighted by Crippen LogP contribution is -2.46. The minimum Gasteiger partial charge on any atom is -0.362 e. The number of nitrogens with zero attached hydrogens (tertiary/aromatic N) is 6. The van der Waals surface area contributed by atoms with Crippen LogP contribution in [0.5, 0.6) is 0 Å². The van der Waals surface area contributed by atoms with Crippen LogP contribution in [0.3, 0.4) is 0 Å². The molecule has 1 aromatic rings. The fourth-order valence-corrected chi connectivity index (χ4v) is 4.52. The molecule has 2 aliphatic heterocycles. The van der Waals surface area contributed by atoms with E-state index in [1.165, 1.54) is 12.8 Å². The number of rotatable bonds is 3. The zero-order valence-electron chi connectivity index (χ0n) is 16.9. The lowest BCUT2D eigenvalue weighted by Gasteiger charge is -2.35. The molecule has 1 amide bonds. The predicted molar refractivity (Wildman–Crippen MR) is 107 cm³/mol. The number of hydrogen-bond acceptors (Lipinski definition) is 6. The number of carbonyl (C=O) groups is 1. The van der Waals surface area contributed by atoms with Gasteiger partial charge in [0.25, 0.3) is 0 Å². The van der Waals surface area contributed by atoms with Crippen molar-refractivity contribution in [2.24, 2.45) is 5.92 Å². The van der Waals surface area contributed by atoms with Crippen molar-refractivity contribution in [2.45, 2.75) is 38.6 Å². The average Bonchev–Trinajstić information content (AvgIpc) is 3.21. The first-order chi connectivity index (χ1) is 13.0. The van der Waals surface area contributed by atoms with E-state index >= 15 is 0 Å². The van der Waals surface area contributed by atoms with Crippen LogP contribution in [0.1, 0.15) is 36.9 Å². The molecule has 0 N–H and O–H groups in total. The average molecular weight is 373 g/mol. The van der Waals surface area contributed by atoms with Crippen LogP contribution in [-0.4, -0.2) is 79.5 Å². The van der Waals surface area contributed by atoms with Gasteiger partial charge in [-0.1, -0.05) is 12.8 Å². The van der Waals surface area contributed by atoms with Crippen LogP contribution in [0, 0.1) is 5.92 Å². The van der Waals surface area contributed by atoms with E-state index in [-0.39, 0.29) is 5.92 Å². The van der Waals surface area contributed by atoms with Crippen molar-refractivity contribution >= 4 is 17.7 Å². The van der Waals surface area contributed by atoms with Crippen LogP contribution in [-0.2, 0) is 17.8 Å². The van der Waals surface area contributed by atoms with Crippen LogP contribution in [0.2, 0.25) is 0 Å². The van der Waals surface area contributed by atoms with E-state index < -0.39 is 0 Å². The molecule has 4 rings (SSSR count). The van der Waals surface area contributed by atoms with Crippen LogP contribution < -0.4 is 9.80 Å². The number of aromatic nitrogens is 2. The molecule has 148 valence electrons. The molecule has 1 aromatic heterocycles. The molecule has 1 aliphatic carbocycles. The van der Waals surface area contributed by atoms with Gasteiger partial charge in [-0.2, -0.15) is 4.98 Å². The zero-order valence-corrected chi connectivity index (χ0v) is 16.9. The molecule has 0 spiro atoms. The number of piperazine rings is 1. The zero-order chi connectivity index (χ0) is 19.0. The van der Waals surface area contributed by atoms with Crippen molar-refractivity contribution in [3.63, 3.8) is 0 Å². The Morgan fingerprint density at radius 2 is 1.74 bits per heavy atom. The van der Waals surface area contributed by atoms with Crippen LogP contribution in [0.15, 0.2) is 0 Å². The Labute approximate surface area is 162 Å². The molecule has 0 aromatic carbocycles. The van der Waals surface area contributed by atoms with Crippen molar-refractivity contribution in [2.75, 3.05) is 63.7 Å². The monoisotopic (exact) mass is 372 g/mol. The summed E-state index contributed by atoms with van der Waals surface area (Å²) in [5.41, 5.74) is 2.26. The Morgan fingerprint density at radius 1 is 1.04 bits per heavy atom. The molecule has 0 bridgehead atoms. The fraction of sp³-hybridized carbons (Fsp3) is 0.750. The summed E-state index contributed by atoms with van der Waals surface area (Å²) >= 11 is 0. The van der Waals surface area contributed by atoms with E-state index in [0.717, 1.165) is 75.0 Å². The highest BCUT2D eigenvalue weighted by Gasteiger charge is 2.32. The van der Waals surface area contributed by atoms with Crippen molar-refractivity contribution in [1.82, 2.24) is 19.8 Å². The number of amides is 1. The smallest absolute Gasteiger partial charge is 0.227 e. The summed E-state index contributed by atoms with van der Waals surface area (Å²) in [4.78, 5) is 31.5. The summed E-state index contributed by atoms with van der Waals surface area (Å²) in [6.45, 7) is 5.46. The maximum Gasteiger partial charge on any atom is 0.227 e. The molecule has 0 radical (unpaired) electrons. The molecule has 3 heterocycles. The Bertz CT molecular complexity index is 692. The van der Waals surface area contributed by atoms with Gasteiger partial charge in [0, 0.05) is 64.7 Å². The number of likely N-dealkylation sites (N-methyl/N-ethyl adjacent to an activating group) is 1. The Hall–Kier alpha value is -1.89. The van der Waals surface area contributed by atoms with E-state index in [9.17, 15) is 4.79 Å². The highest BCUT2D eigenvalue weighted by molar-refractivity contribution is 5.79. The minimum absolute atomic E-state index is 0.236. The second kappa shape index (κ2) is 7.62. The SMILES string of the molecule is CN1CCN(c2nc3c(c(N(C)C)n2)CN(C(=O)C2CCCC2)CC3)CC1. The van der Waals surface area contributed by atoms with Gasteiger partial charge in [-0.3, -0.25) is 4.79 Å². The van der Waals surface area contributed by atoms with Crippen LogP contribution in [0.25, 0.3) is 0 Å². The molecule has 7 nitrogen and oxygen atoms in total. The molecule has 3 aliphatic rings. The van der Waals surface area contributed by atoms with Crippen LogP contribution >= 0.6 is 0 Å². The van der Waals surface area contributed by atoms with Crippen molar-refractivity contribution in [3.05, 3.63) is 11.3 Å². The molecular formula is C20H32N6O. The number of fused-ring (bicyclic) bond motifs is 1. The van der Waals surface area contributed by atoms with E-state index in [2.05, 4.69) is 21.7 Å². The maximum atomic E-state index is 12.9. The minimum atomic E-state index is 0.236. The summed E-state index contributed by atoms with van der Waals surface area (Å²) in [7, 11) is 6.23. The quantitative estimate of drug-likeness (QED) is 0.799. The van der Waals surface area contributed by atoms with Gasteiger partial charge in [0.05, 0.1) is 12.2 Å². The second-order valence-corrected chi connectivity index (χ2v) is 8.45. The van der Waals surface area contributed by atoms with Gasteiger partial charge in [0.2, 0.25) is 11.9 Å².